The summed E-state index contributed by atoms with van der Waals surface area (Å²) in [6, 6.07) is 0. The van der Waals surface area contributed by atoms with E-state index in [2.05, 4.69) is 5.48 Å². The summed E-state index contributed by atoms with van der Waals surface area (Å²) in [6.45, 7) is 7.22. The molecule has 1 rings (SSSR count). The van der Waals surface area contributed by atoms with Gasteiger partial charge in [0.1, 0.15) is 0 Å². The number of carbonyl (C=O) groups excluding carboxylic acids is 3. The van der Waals surface area contributed by atoms with Gasteiger partial charge in [-0.1, -0.05) is 13.8 Å². The molecule has 1 aliphatic rings. The monoisotopic (exact) mass is 282 g/mol. The largest absolute Gasteiger partial charge is 0.369 e. The average Bonchev–Trinajstić information content (AvgIpc) is 2.39. The molecule has 6 heteroatoms. The zero-order valence-electron chi connectivity index (χ0n) is 12.4. The standard InChI is InChI=1S/C14H22N2O4/c1-5-9(16-20-6-2)11-10(17)7-14(4,13(15)19)8(3)12(11)18/h8,16H,5-7H2,1-4H3,(H2,15,19). The minimum Gasteiger partial charge on any atom is -0.369 e. The van der Waals surface area contributed by atoms with Crippen LogP contribution in [0.1, 0.15) is 40.5 Å². The van der Waals surface area contributed by atoms with E-state index < -0.39 is 17.2 Å². The molecule has 112 valence electrons. The molecule has 6 nitrogen and oxygen atoms in total. The molecule has 0 aromatic carbocycles. The highest BCUT2D eigenvalue weighted by atomic mass is 16.6. The Labute approximate surface area is 118 Å². The normalized spacial score (nSPS) is 29.3. The van der Waals surface area contributed by atoms with E-state index in [1.165, 1.54) is 0 Å². The summed E-state index contributed by atoms with van der Waals surface area (Å²) >= 11 is 0. The predicted octanol–water partition coefficient (Wildman–Crippen LogP) is 0.861. The van der Waals surface area contributed by atoms with Crippen LogP contribution in [0.4, 0.5) is 0 Å². The number of Topliss-reactive ketones (excluding diaryl/α,β-unsaturated/α-hetero) is 2. The van der Waals surface area contributed by atoms with Gasteiger partial charge in [0.05, 0.1) is 23.3 Å². The first kappa shape index (κ1) is 16.4. The van der Waals surface area contributed by atoms with E-state index >= 15 is 0 Å². The van der Waals surface area contributed by atoms with Crippen LogP contribution in [0.3, 0.4) is 0 Å². The summed E-state index contributed by atoms with van der Waals surface area (Å²) in [6.07, 6.45) is 0.411. The van der Waals surface area contributed by atoms with Crippen LogP contribution in [0.5, 0.6) is 0 Å². The number of ketones is 2. The number of allylic oxidation sites excluding steroid dienone is 2. The molecule has 20 heavy (non-hydrogen) atoms. The van der Waals surface area contributed by atoms with Crippen molar-refractivity contribution in [2.24, 2.45) is 17.1 Å². The summed E-state index contributed by atoms with van der Waals surface area (Å²) in [5.74, 6) is -1.97. The van der Waals surface area contributed by atoms with E-state index in [9.17, 15) is 14.4 Å². The molecule has 0 radical (unpaired) electrons. The van der Waals surface area contributed by atoms with E-state index in [1.54, 1.807) is 20.8 Å². The Hall–Kier alpha value is -1.69. The minimum absolute atomic E-state index is 0.0537. The minimum atomic E-state index is -1.12. The fourth-order valence-corrected chi connectivity index (χ4v) is 2.30. The zero-order valence-corrected chi connectivity index (χ0v) is 12.4. The van der Waals surface area contributed by atoms with Crippen LogP contribution < -0.4 is 11.2 Å². The Balaban J connectivity index is 3.21. The van der Waals surface area contributed by atoms with Crippen molar-refractivity contribution in [3.63, 3.8) is 0 Å². The molecular formula is C14H22N2O4. The van der Waals surface area contributed by atoms with Crippen LogP contribution in [0, 0.1) is 11.3 Å². The van der Waals surface area contributed by atoms with Gasteiger partial charge in [0.2, 0.25) is 5.91 Å². The highest BCUT2D eigenvalue weighted by Gasteiger charge is 2.49. The van der Waals surface area contributed by atoms with Crippen molar-refractivity contribution >= 4 is 17.5 Å². The Kier molecular flexibility index (Phi) is 5.05. The number of amides is 1. The van der Waals surface area contributed by atoms with E-state index in [-0.39, 0.29) is 23.6 Å². The van der Waals surface area contributed by atoms with Crippen LogP contribution >= 0.6 is 0 Å². The number of carbonyl (C=O) groups is 3. The molecule has 0 aromatic rings. The highest BCUT2D eigenvalue weighted by Crippen LogP contribution is 2.39. The summed E-state index contributed by atoms with van der Waals surface area (Å²) < 4.78 is 0. The number of nitrogens with two attached hydrogens (primary N) is 1. The molecule has 2 unspecified atom stereocenters. The van der Waals surface area contributed by atoms with Crippen molar-refractivity contribution in [2.75, 3.05) is 6.61 Å². The second-order valence-corrected chi connectivity index (χ2v) is 5.21. The van der Waals surface area contributed by atoms with Crippen LogP contribution in [0.25, 0.3) is 0 Å². The number of hydrogen-bond acceptors (Lipinski definition) is 5. The SMILES string of the molecule is CCONC(CC)=C1C(=O)CC(C)(C(N)=O)C(C)C1=O. The third-order valence-corrected chi connectivity index (χ3v) is 3.96. The summed E-state index contributed by atoms with van der Waals surface area (Å²) in [5, 5.41) is 0. The summed E-state index contributed by atoms with van der Waals surface area (Å²) in [5.41, 5.74) is 7.44. The molecule has 0 aliphatic heterocycles. The van der Waals surface area contributed by atoms with Crippen molar-refractivity contribution in [1.82, 2.24) is 5.48 Å². The molecule has 1 amide bonds. The molecule has 2 atom stereocenters. The smallest absolute Gasteiger partial charge is 0.224 e. The second kappa shape index (κ2) is 6.17. The molecule has 0 bridgehead atoms. The van der Waals surface area contributed by atoms with Crippen molar-refractivity contribution in [3.8, 4) is 0 Å². The number of hydrogen-bond donors (Lipinski definition) is 2. The molecular weight excluding hydrogens is 260 g/mol. The fraction of sp³-hybridized carbons (Fsp3) is 0.643. The van der Waals surface area contributed by atoms with Crippen molar-refractivity contribution < 1.29 is 19.2 Å². The zero-order chi connectivity index (χ0) is 15.5. The molecule has 3 N–H and O–H groups in total. The van der Waals surface area contributed by atoms with Gasteiger partial charge in [-0.05, 0) is 20.3 Å². The second-order valence-electron chi connectivity index (χ2n) is 5.21. The van der Waals surface area contributed by atoms with Crippen molar-refractivity contribution in [3.05, 3.63) is 11.3 Å². The first-order chi connectivity index (χ1) is 9.29. The molecule has 0 aromatic heterocycles. The highest BCUT2D eigenvalue weighted by molar-refractivity contribution is 6.25. The van der Waals surface area contributed by atoms with Gasteiger partial charge in [-0.2, -0.15) is 0 Å². The lowest BCUT2D eigenvalue weighted by Crippen LogP contribution is -2.50. The van der Waals surface area contributed by atoms with Gasteiger partial charge in [-0.15, -0.1) is 0 Å². The number of rotatable bonds is 5. The Morgan fingerprint density at radius 1 is 1.45 bits per heavy atom. The average molecular weight is 282 g/mol. The maximum absolute atomic E-state index is 12.4. The van der Waals surface area contributed by atoms with Gasteiger partial charge >= 0.3 is 0 Å². The fourth-order valence-electron chi connectivity index (χ4n) is 2.30. The van der Waals surface area contributed by atoms with E-state index in [0.717, 1.165) is 0 Å². The lowest BCUT2D eigenvalue weighted by Gasteiger charge is -2.36. The molecule has 0 saturated heterocycles. The van der Waals surface area contributed by atoms with Gasteiger partial charge in [-0.25, -0.2) is 0 Å². The topological polar surface area (TPSA) is 98.5 Å². The maximum Gasteiger partial charge on any atom is 0.224 e. The van der Waals surface area contributed by atoms with Gasteiger partial charge in [0, 0.05) is 12.3 Å². The number of primary amides is 1. The lowest BCUT2D eigenvalue weighted by molar-refractivity contribution is -0.143. The first-order valence-corrected chi connectivity index (χ1v) is 6.77. The maximum atomic E-state index is 12.4. The van der Waals surface area contributed by atoms with Crippen LogP contribution in [-0.4, -0.2) is 24.1 Å². The van der Waals surface area contributed by atoms with Gasteiger partial charge in [0.25, 0.3) is 0 Å². The third kappa shape index (κ3) is 2.75. The quantitative estimate of drug-likeness (QED) is 0.443. The Morgan fingerprint density at radius 2 is 2.05 bits per heavy atom. The van der Waals surface area contributed by atoms with E-state index in [0.29, 0.717) is 18.7 Å². The van der Waals surface area contributed by atoms with Crippen molar-refractivity contribution in [2.45, 2.75) is 40.5 Å². The van der Waals surface area contributed by atoms with Crippen LogP contribution in [0.15, 0.2) is 11.3 Å². The van der Waals surface area contributed by atoms with E-state index in [4.69, 9.17) is 10.6 Å². The Bertz CT molecular complexity index is 470. The summed E-state index contributed by atoms with van der Waals surface area (Å²) in [4.78, 5) is 41.3. The molecule has 1 aliphatic carbocycles. The molecule has 0 heterocycles. The third-order valence-electron chi connectivity index (χ3n) is 3.96. The van der Waals surface area contributed by atoms with Crippen LogP contribution in [-0.2, 0) is 19.2 Å². The number of nitrogens with one attached hydrogen (secondary N) is 1. The molecule has 1 fully saturated rings. The first-order valence-electron chi connectivity index (χ1n) is 6.77. The predicted molar refractivity (Wildman–Crippen MR) is 73.2 cm³/mol. The molecule has 1 saturated carbocycles. The van der Waals surface area contributed by atoms with Gasteiger partial charge in [-0.3, -0.25) is 24.7 Å². The molecule has 0 spiro atoms. The van der Waals surface area contributed by atoms with Gasteiger partial charge < -0.3 is 5.73 Å². The van der Waals surface area contributed by atoms with Crippen molar-refractivity contribution in [1.29, 1.82) is 0 Å². The van der Waals surface area contributed by atoms with Gasteiger partial charge in [0.15, 0.2) is 11.6 Å². The van der Waals surface area contributed by atoms with E-state index in [1.807, 2.05) is 6.92 Å². The Morgan fingerprint density at radius 3 is 2.50 bits per heavy atom. The summed E-state index contributed by atoms with van der Waals surface area (Å²) in [7, 11) is 0. The van der Waals surface area contributed by atoms with Crippen LogP contribution in [0.2, 0.25) is 0 Å². The lowest BCUT2D eigenvalue weighted by atomic mass is 9.65. The number of hydroxylamine groups is 1.